The predicted octanol–water partition coefficient (Wildman–Crippen LogP) is 2.62. The normalized spacial score (nSPS) is 22.8. The van der Waals surface area contributed by atoms with E-state index in [1.807, 2.05) is 37.4 Å². The molecule has 2 N–H and O–H groups in total. The van der Waals surface area contributed by atoms with Crippen LogP contribution >= 0.6 is 35.7 Å². The van der Waals surface area contributed by atoms with Crippen molar-refractivity contribution in [1.82, 2.24) is 9.80 Å². The lowest BCUT2D eigenvalue weighted by molar-refractivity contribution is 0.0170. The van der Waals surface area contributed by atoms with Crippen molar-refractivity contribution >= 4 is 47.8 Å². The van der Waals surface area contributed by atoms with Crippen molar-refractivity contribution in [2.24, 2.45) is 16.6 Å². The molecule has 1 amide bonds. The topological polar surface area (TPSA) is 71.2 Å². The first kappa shape index (κ1) is 21.7. The van der Waals surface area contributed by atoms with E-state index in [-0.39, 0.29) is 30.1 Å². The second-order valence-corrected chi connectivity index (χ2v) is 8.46. The maximum absolute atomic E-state index is 12.2. The van der Waals surface area contributed by atoms with Crippen LogP contribution in [-0.2, 0) is 4.74 Å². The van der Waals surface area contributed by atoms with E-state index in [0.29, 0.717) is 25.0 Å². The van der Waals surface area contributed by atoms with Crippen molar-refractivity contribution in [2.45, 2.75) is 39.2 Å². The fraction of sp³-hybridized carbons (Fsp3) is 0.875. The molecule has 2 heterocycles. The smallest absolute Gasteiger partial charge is 0.410 e. The van der Waals surface area contributed by atoms with Gasteiger partial charge >= 0.3 is 6.09 Å². The molecule has 140 valence electrons. The van der Waals surface area contributed by atoms with Gasteiger partial charge < -0.3 is 20.3 Å². The van der Waals surface area contributed by atoms with E-state index in [2.05, 4.69) is 9.89 Å². The van der Waals surface area contributed by atoms with Crippen molar-refractivity contribution in [1.29, 1.82) is 0 Å². The van der Waals surface area contributed by atoms with Crippen molar-refractivity contribution in [2.75, 3.05) is 44.2 Å². The molecule has 2 saturated heterocycles. The van der Waals surface area contributed by atoms with Gasteiger partial charge in [0.1, 0.15) is 5.60 Å². The Morgan fingerprint density at radius 2 is 1.92 bits per heavy atom. The standard InChI is InChI=1S/C16H30N4O2S.HI/c1-16(2,3)22-15(21)20-6-4-5-13(12-20)11-18-14(17)19-7-9-23-10-8-19;/h13H,4-12H2,1-3H3,(H2,17,18);1H. The number of guanidine groups is 1. The molecule has 0 saturated carbocycles. The van der Waals surface area contributed by atoms with E-state index >= 15 is 0 Å². The number of ether oxygens (including phenoxy) is 1. The molecule has 0 bridgehead atoms. The van der Waals surface area contributed by atoms with Crippen LogP contribution < -0.4 is 5.73 Å². The van der Waals surface area contributed by atoms with Gasteiger partial charge in [0.05, 0.1) is 0 Å². The molecule has 2 fully saturated rings. The van der Waals surface area contributed by atoms with Gasteiger partial charge in [-0.1, -0.05) is 0 Å². The largest absolute Gasteiger partial charge is 0.444 e. The molecule has 0 radical (unpaired) electrons. The predicted molar refractivity (Wildman–Crippen MR) is 111 cm³/mol. The number of thioether (sulfide) groups is 1. The maximum Gasteiger partial charge on any atom is 0.410 e. The molecule has 2 aliphatic heterocycles. The third kappa shape index (κ3) is 7.25. The number of aliphatic imine (C=N–C) groups is 1. The minimum atomic E-state index is -0.446. The van der Waals surface area contributed by atoms with Gasteiger partial charge in [0.25, 0.3) is 0 Å². The number of piperidine rings is 1. The van der Waals surface area contributed by atoms with Crippen LogP contribution in [0.15, 0.2) is 4.99 Å². The van der Waals surface area contributed by atoms with Gasteiger partial charge in [-0.25, -0.2) is 4.79 Å². The van der Waals surface area contributed by atoms with E-state index in [4.69, 9.17) is 10.5 Å². The SMILES string of the molecule is CC(C)(C)OC(=O)N1CCCC(CN=C(N)N2CCSCC2)C1.I. The zero-order chi connectivity index (χ0) is 16.9. The van der Waals surface area contributed by atoms with E-state index in [1.165, 1.54) is 0 Å². The molecule has 0 aromatic rings. The number of amides is 1. The summed E-state index contributed by atoms with van der Waals surface area (Å²) in [5.41, 5.74) is 5.66. The van der Waals surface area contributed by atoms with Gasteiger partial charge in [0.2, 0.25) is 0 Å². The molecular weight excluding hydrogens is 439 g/mol. The van der Waals surface area contributed by atoms with Crippen molar-refractivity contribution in [3.05, 3.63) is 0 Å². The maximum atomic E-state index is 12.2. The number of halogens is 1. The molecule has 8 heteroatoms. The van der Waals surface area contributed by atoms with E-state index < -0.39 is 5.60 Å². The summed E-state index contributed by atoms with van der Waals surface area (Å²) in [6.45, 7) is 9.82. The first-order valence-electron chi connectivity index (χ1n) is 8.46. The van der Waals surface area contributed by atoms with Gasteiger partial charge in [0.15, 0.2) is 5.96 Å². The Morgan fingerprint density at radius 3 is 2.54 bits per heavy atom. The summed E-state index contributed by atoms with van der Waals surface area (Å²) in [7, 11) is 0. The summed E-state index contributed by atoms with van der Waals surface area (Å²) in [5, 5.41) is 0. The van der Waals surface area contributed by atoms with Gasteiger partial charge in [-0.05, 0) is 39.5 Å². The van der Waals surface area contributed by atoms with E-state index in [0.717, 1.165) is 44.0 Å². The molecule has 0 spiro atoms. The Labute approximate surface area is 166 Å². The van der Waals surface area contributed by atoms with Gasteiger partial charge in [-0.2, -0.15) is 11.8 Å². The molecule has 2 aliphatic rings. The molecule has 24 heavy (non-hydrogen) atoms. The fourth-order valence-electron chi connectivity index (χ4n) is 2.82. The van der Waals surface area contributed by atoms with E-state index in [1.54, 1.807) is 0 Å². The molecule has 0 aliphatic carbocycles. The second kappa shape index (κ2) is 9.94. The van der Waals surface area contributed by atoms with Crippen LogP contribution in [0.5, 0.6) is 0 Å². The second-order valence-electron chi connectivity index (χ2n) is 7.23. The molecule has 1 unspecified atom stereocenters. The van der Waals surface area contributed by atoms with Crippen LogP contribution in [0.1, 0.15) is 33.6 Å². The first-order valence-corrected chi connectivity index (χ1v) is 9.61. The number of carbonyl (C=O) groups is 1. The summed E-state index contributed by atoms with van der Waals surface area (Å²) in [4.78, 5) is 20.7. The monoisotopic (exact) mass is 470 g/mol. The summed E-state index contributed by atoms with van der Waals surface area (Å²) >= 11 is 1.96. The minimum absolute atomic E-state index is 0. The Balaban J connectivity index is 0.00000288. The highest BCUT2D eigenvalue weighted by atomic mass is 127. The Morgan fingerprint density at radius 1 is 1.25 bits per heavy atom. The lowest BCUT2D eigenvalue weighted by Crippen LogP contribution is -2.45. The van der Waals surface area contributed by atoms with Crippen LogP contribution in [0, 0.1) is 5.92 Å². The summed E-state index contributed by atoms with van der Waals surface area (Å²) in [6.07, 6.45) is 1.87. The molecular formula is C16H31IN4O2S. The van der Waals surface area contributed by atoms with Crippen LogP contribution in [0.2, 0.25) is 0 Å². The fourth-order valence-corrected chi connectivity index (χ4v) is 3.72. The van der Waals surface area contributed by atoms with Crippen molar-refractivity contribution in [3.8, 4) is 0 Å². The average Bonchev–Trinajstić information content (AvgIpc) is 2.52. The molecule has 0 aromatic heterocycles. The summed E-state index contributed by atoms with van der Waals surface area (Å²) < 4.78 is 5.46. The third-order valence-electron chi connectivity index (χ3n) is 4.02. The number of nitrogens with two attached hydrogens (primary N) is 1. The highest BCUT2D eigenvalue weighted by Gasteiger charge is 2.27. The molecule has 6 nitrogen and oxygen atoms in total. The van der Waals surface area contributed by atoms with Crippen LogP contribution in [0.3, 0.4) is 0 Å². The Bertz CT molecular complexity index is 436. The van der Waals surface area contributed by atoms with Gasteiger partial charge in [-0.3, -0.25) is 4.99 Å². The number of hydrogen-bond donors (Lipinski definition) is 1. The third-order valence-corrected chi connectivity index (χ3v) is 4.96. The molecule has 1 atom stereocenters. The van der Waals surface area contributed by atoms with Crippen LogP contribution in [0.4, 0.5) is 4.79 Å². The van der Waals surface area contributed by atoms with Crippen molar-refractivity contribution in [3.63, 3.8) is 0 Å². The zero-order valence-electron chi connectivity index (χ0n) is 15.0. The lowest BCUT2D eigenvalue weighted by Gasteiger charge is -2.34. The molecule has 2 rings (SSSR count). The van der Waals surface area contributed by atoms with Crippen molar-refractivity contribution < 1.29 is 9.53 Å². The number of likely N-dealkylation sites (tertiary alicyclic amines) is 1. The number of rotatable bonds is 2. The highest BCUT2D eigenvalue weighted by Crippen LogP contribution is 2.20. The number of carbonyl (C=O) groups excluding carboxylic acids is 1. The van der Waals surface area contributed by atoms with Crippen LogP contribution in [0.25, 0.3) is 0 Å². The summed E-state index contributed by atoms with van der Waals surface area (Å²) in [5.74, 6) is 3.26. The van der Waals surface area contributed by atoms with Gasteiger partial charge in [0, 0.05) is 44.2 Å². The lowest BCUT2D eigenvalue weighted by atomic mass is 9.98. The Kier molecular flexibility index (Phi) is 8.97. The van der Waals surface area contributed by atoms with Gasteiger partial charge in [-0.15, -0.1) is 24.0 Å². The Hall–Kier alpha value is -0.380. The number of nitrogens with zero attached hydrogens (tertiary/aromatic N) is 3. The minimum Gasteiger partial charge on any atom is -0.444 e. The van der Waals surface area contributed by atoms with Crippen LogP contribution in [-0.4, -0.2) is 71.7 Å². The first-order chi connectivity index (χ1) is 10.8. The van der Waals surface area contributed by atoms with E-state index in [9.17, 15) is 4.79 Å². The average molecular weight is 470 g/mol. The summed E-state index contributed by atoms with van der Waals surface area (Å²) in [6, 6.07) is 0. The highest BCUT2D eigenvalue weighted by molar-refractivity contribution is 14.0. The number of hydrogen-bond acceptors (Lipinski definition) is 4. The molecule has 0 aromatic carbocycles. The quantitative estimate of drug-likeness (QED) is 0.382. The zero-order valence-corrected chi connectivity index (χ0v) is 18.1.